The first kappa shape index (κ1) is 20.7. The SMILES string of the molecule is O=C(O)CC12C[C@H]3C[C@@H](C1)CC(n1ncc(Nc4ccc5ccccc5c4)c(Cl)c1=O)(C3)C2. The first-order valence-corrected chi connectivity index (χ1v) is 12.0. The van der Waals surface area contributed by atoms with Gasteiger partial charge in [-0.1, -0.05) is 41.9 Å². The van der Waals surface area contributed by atoms with E-state index in [-0.39, 0.29) is 22.4 Å². The molecule has 4 aliphatic rings. The van der Waals surface area contributed by atoms with E-state index in [2.05, 4.69) is 16.5 Å². The molecular weight excluding hydrogens is 438 g/mol. The maximum atomic E-state index is 13.4. The molecule has 0 aliphatic heterocycles. The van der Waals surface area contributed by atoms with Gasteiger partial charge in [0.1, 0.15) is 5.02 Å². The smallest absolute Gasteiger partial charge is 0.303 e. The number of rotatable bonds is 5. The van der Waals surface area contributed by atoms with Gasteiger partial charge in [-0.2, -0.15) is 5.10 Å². The molecule has 4 bridgehead atoms. The first-order valence-electron chi connectivity index (χ1n) is 11.6. The molecule has 6 nitrogen and oxygen atoms in total. The molecule has 7 heteroatoms. The minimum Gasteiger partial charge on any atom is -0.481 e. The monoisotopic (exact) mass is 463 g/mol. The summed E-state index contributed by atoms with van der Waals surface area (Å²) in [5.74, 6) is 0.155. The van der Waals surface area contributed by atoms with E-state index in [9.17, 15) is 14.7 Å². The third-order valence-electron chi connectivity index (χ3n) is 8.07. The third-order valence-corrected chi connectivity index (χ3v) is 8.44. The van der Waals surface area contributed by atoms with Crippen molar-refractivity contribution >= 4 is 39.7 Å². The van der Waals surface area contributed by atoms with Crippen molar-refractivity contribution < 1.29 is 9.90 Å². The van der Waals surface area contributed by atoms with Crippen molar-refractivity contribution in [1.29, 1.82) is 0 Å². The molecule has 4 fully saturated rings. The lowest BCUT2D eigenvalue weighted by molar-refractivity contribution is -0.151. The fourth-order valence-electron chi connectivity index (χ4n) is 7.46. The fourth-order valence-corrected chi connectivity index (χ4v) is 7.63. The molecule has 2 N–H and O–H groups in total. The van der Waals surface area contributed by atoms with Crippen LogP contribution in [0, 0.1) is 17.3 Å². The van der Waals surface area contributed by atoms with E-state index >= 15 is 0 Å². The quantitative estimate of drug-likeness (QED) is 0.517. The topological polar surface area (TPSA) is 84.2 Å². The second-order valence-corrected chi connectivity index (χ2v) is 10.9. The Balaban J connectivity index is 1.34. The van der Waals surface area contributed by atoms with E-state index in [4.69, 9.17) is 11.6 Å². The van der Waals surface area contributed by atoms with Gasteiger partial charge in [-0.05, 0) is 78.7 Å². The van der Waals surface area contributed by atoms with Crippen LogP contribution in [-0.4, -0.2) is 20.9 Å². The lowest BCUT2D eigenvalue weighted by atomic mass is 9.46. The minimum absolute atomic E-state index is 0.126. The second-order valence-electron chi connectivity index (χ2n) is 10.5. The Bertz CT molecular complexity index is 1320. The summed E-state index contributed by atoms with van der Waals surface area (Å²) in [4.78, 5) is 25.1. The van der Waals surface area contributed by atoms with Crippen molar-refractivity contribution in [2.24, 2.45) is 17.3 Å². The molecule has 2 unspecified atom stereocenters. The summed E-state index contributed by atoms with van der Waals surface area (Å²) >= 11 is 6.60. The van der Waals surface area contributed by atoms with Crippen molar-refractivity contribution in [3.8, 4) is 0 Å². The van der Waals surface area contributed by atoms with Crippen molar-refractivity contribution in [3.63, 3.8) is 0 Å². The molecule has 0 radical (unpaired) electrons. The van der Waals surface area contributed by atoms with Crippen molar-refractivity contribution in [3.05, 3.63) is 64.0 Å². The van der Waals surface area contributed by atoms with Crippen LogP contribution in [0.4, 0.5) is 11.4 Å². The number of benzene rings is 2. The summed E-state index contributed by atoms with van der Waals surface area (Å²) < 4.78 is 1.59. The van der Waals surface area contributed by atoms with Crippen LogP contribution in [0.15, 0.2) is 53.5 Å². The molecule has 0 saturated heterocycles. The molecule has 1 aromatic heterocycles. The molecule has 33 heavy (non-hydrogen) atoms. The number of fused-ring (bicyclic) bond motifs is 1. The molecule has 0 amide bonds. The largest absolute Gasteiger partial charge is 0.481 e. The van der Waals surface area contributed by atoms with Crippen LogP contribution >= 0.6 is 11.6 Å². The summed E-state index contributed by atoms with van der Waals surface area (Å²) in [6, 6.07) is 14.1. The number of hydrogen-bond donors (Lipinski definition) is 2. The van der Waals surface area contributed by atoms with Crippen LogP contribution in [0.2, 0.25) is 5.02 Å². The number of carbonyl (C=O) groups is 1. The lowest BCUT2D eigenvalue weighted by Crippen LogP contribution is -2.59. The number of halogens is 1. The number of nitrogens with one attached hydrogen (secondary N) is 1. The van der Waals surface area contributed by atoms with E-state index in [0.29, 0.717) is 23.9 Å². The molecule has 3 aromatic rings. The van der Waals surface area contributed by atoms with Gasteiger partial charge in [-0.25, -0.2) is 4.68 Å². The van der Waals surface area contributed by atoms with Gasteiger partial charge in [0.25, 0.3) is 5.56 Å². The standard InChI is InChI=1S/C26H26ClN3O3/c27-23-21(29-20-6-5-18-3-1-2-4-19(18)8-20)14-28-30(24(23)33)26-11-16-7-17(12-26)10-25(9-16,15-26)13-22(31)32/h1-6,8,14,16-17,29H,7,9-13,15H2,(H,31,32)/t16-,17+,25?,26?. The van der Waals surface area contributed by atoms with Crippen LogP contribution in [0.5, 0.6) is 0 Å². The minimum atomic E-state index is -0.750. The van der Waals surface area contributed by atoms with Gasteiger partial charge >= 0.3 is 5.97 Å². The highest BCUT2D eigenvalue weighted by molar-refractivity contribution is 6.33. The summed E-state index contributed by atoms with van der Waals surface area (Å²) in [6.45, 7) is 0. The van der Waals surface area contributed by atoms with E-state index < -0.39 is 11.5 Å². The molecule has 0 spiro atoms. The number of carboxylic acid groups (broad SMARTS) is 1. The highest BCUT2D eigenvalue weighted by Crippen LogP contribution is 2.65. The number of nitrogens with zero attached hydrogens (tertiary/aromatic N) is 2. The summed E-state index contributed by atoms with van der Waals surface area (Å²) in [7, 11) is 0. The highest BCUT2D eigenvalue weighted by atomic mass is 35.5. The first-order chi connectivity index (χ1) is 15.8. The summed E-state index contributed by atoms with van der Waals surface area (Å²) in [6.07, 6.45) is 7.29. The van der Waals surface area contributed by atoms with E-state index in [1.54, 1.807) is 10.9 Å². The molecule has 2 aromatic carbocycles. The number of aromatic nitrogens is 2. The Morgan fingerprint density at radius 1 is 1.12 bits per heavy atom. The maximum Gasteiger partial charge on any atom is 0.303 e. The Morgan fingerprint density at radius 2 is 1.85 bits per heavy atom. The predicted molar refractivity (Wildman–Crippen MR) is 128 cm³/mol. The van der Waals surface area contributed by atoms with Crippen LogP contribution in [-0.2, 0) is 10.3 Å². The molecule has 170 valence electrons. The molecular formula is C26H26ClN3O3. The van der Waals surface area contributed by atoms with Crippen LogP contribution in [0.25, 0.3) is 10.8 Å². The molecule has 4 saturated carbocycles. The summed E-state index contributed by atoms with van der Waals surface area (Å²) in [5.41, 5.74) is 0.366. The zero-order valence-corrected chi connectivity index (χ0v) is 19.0. The van der Waals surface area contributed by atoms with Crippen LogP contribution in [0.1, 0.15) is 44.9 Å². The molecule has 4 aliphatic carbocycles. The normalized spacial score (nSPS) is 30.0. The van der Waals surface area contributed by atoms with Gasteiger partial charge in [-0.3, -0.25) is 9.59 Å². The number of aliphatic carboxylic acids is 1. The Morgan fingerprint density at radius 3 is 2.58 bits per heavy atom. The molecule has 1 heterocycles. The molecule has 7 rings (SSSR count). The fraction of sp³-hybridized carbons (Fsp3) is 0.423. The average Bonchev–Trinajstić information content (AvgIpc) is 2.75. The predicted octanol–water partition coefficient (Wildman–Crippen LogP) is 5.56. The zero-order valence-electron chi connectivity index (χ0n) is 18.3. The highest BCUT2D eigenvalue weighted by Gasteiger charge is 2.59. The van der Waals surface area contributed by atoms with Crippen LogP contribution in [0.3, 0.4) is 0 Å². The van der Waals surface area contributed by atoms with Crippen molar-refractivity contribution in [2.45, 2.75) is 50.5 Å². The van der Waals surface area contributed by atoms with Gasteiger partial charge in [0.15, 0.2) is 0 Å². The van der Waals surface area contributed by atoms with Gasteiger partial charge in [0.05, 0.1) is 23.8 Å². The van der Waals surface area contributed by atoms with E-state index in [1.807, 2.05) is 36.4 Å². The molecule has 4 atom stereocenters. The van der Waals surface area contributed by atoms with E-state index in [1.165, 1.54) is 0 Å². The third kappa shape index (κ3) is 3.43. The van der Waals surface area contributed by atoms with Crippen LogP contribution < -0.4 is 10.9 Å². The Kier molecular flexibility index (Phi) is 4.60. The average molecular weight is 464 g/mol. The summed E-state index contributed by atoms with van der Waals surface area (Å²) in [5, 5.41) is 19.8. The Labute approximate surface area is 196 Å². The lowest BCUT2D eigenvalue weighted by Gasteiger charge is -2.61. The van der Waals surface area contributed by atoms with Gasteiger partial charge < -0.3 is 10.4 Å². The van der Waals surface area contributed by atoms with Gasteiger partial charge in [0.2, 0.25) is 0 Å². The number of anilines is 2. The number of carboxylic acids is 1. The Hall–Kier alpha value is -2.86. The zero-order chi connectivity index (χ0) is 22.8. The maximum absolute atomic E-state index is 13.4. The van der Waals surface area contributed by atoms with Gasteiger partial charge in [-0.15, -0.1) is 0 Å². The van der Waals surface area contributed by atoms with E-state index in [0.717, 1.165) is 48.6 Å². The van der Waals surface area contributed by atoms with Crippen molar-refractivity contribution in [1.82, 2.24) is 9.78 Å². The number of hydrogen-bond acceptors (Lipinski definition) is 4. The van der Waals surface area contributed by atoms with Gasteiger partial charge in [0, 0.05) is 5.69 Å². The van der Waals surface area contributed by atoms with Crippen molar-refractivity contribution in [2.75, 3.05) is 5.32 Å². The second kappa shape index (κ2) is 7.32.